The molecule has 0 aliphatic rings. The summed E-state index contributed by atoms with van der Waals surface area (Å²) in [7, 11) is 0. The normalized spacial score (nSPS) is 12.5. The molecular formula is C29H40N4O3. The summed E-state index contributed by atoms with van der Waals surface area (Å²) in [6, 6.07) is 17.8. The van der Waals surface area contributed by atoms with Gasteiger partial charge in [0.2, 0.25) is 0 Å². The monoisotopic (exact) mass is 492 g/mol. The minimum atomic E-state index is -0.740. The Balaban J connectivity index is 2.49. The van der Waals surface area contributed by atoms with Crippen molar-refractivity contribution < 1.29 is 19.1 Å². The first-order valence-electron chi connectivity index (χ1n) is 12.5. The lowest BCUT2D eigenvalue weighted by Gasteiger charge is -2.33. The smallest absolute Gasteiger partial charge is 0.419 e. The summed E-state index contributed by atoms with van der Waals surface area (Å²) in [4.78, 5) is 30.0. The van der Waals surface area contributed by atoms with Crippen LogP contribution >= 0.6 is 0 Å². The SMILES string of the molecule is CC(C)C(OC(=O)C(=[N+]=[N-])[C@@H](CC(C)(C)C)N(Cc1ccccc1)NC(=O)c1ccccc1)C(C)C. The van der Waals surface area contributed by atoms with Gasteiger partial charge in [-0.3, -0.25) is 10.2 Å². The fourth-order valence-electron chi connectivity index (χ4n) is 4.20. The van der Waals surface area contributed by atoms with Crippen LogP contribution in [0.3, 0.4) is 0 Å². The highest BCUT2D eigenvalue weighted by atomic mass is 16.5. The number of rotatable bonds is 11. The van der Waals surface area contributed by atoms with E-state index >= 15 is 0 Å². The number of esters is 1. The largest absolute Gasteiger partial charge is 0.453 e. The summed E-state index contributed by atoms with van der Waals surface area (Å²) in [5, 5.41) is 1.67. The first-order valence-corrected chi connectivity index (χ1v) is 12.5. The Labute approximate surface area is 215 Å². The van der Waals surface area contributed by atoms with Crippen molar-refractivity contribution in [3.63, 3.8) is 0 Å². The molecule has 0 fully saturated rings. The second-order valence-electron chi connectivity index (χ2n) is 11.0. The predicted molar refractivity (Wildman–Crippen MR) is 142 cm³/mol. The molecule has 194 valence electrons. The Bertz CT molecular complexity index is 1030. The molecular weight excluding hydrogens is 452 g/mol. The second-order valence-corrected chi connectivity index (χ2v) is 11.0. The van der Waals surface area contributed by atoms with Crippen LogP contribution in [0.5, 0.6) is 0 Å². The Kier molecular flexibility index (Phi) is 10.6. The number of amides is 1. The van der Waals surface area contributed by atoms with Crippen LogP contribution in [0.15, 0.2) is 60.7 Å². The lowest BCUT2D eigenvalue weighted by molar-refractivity contribution is -0.151. The maximum Gasteiger partial charge on any atom is 0.419 e. The van der Waals surface area contributed by atoms with E-state index in [9.17, 15) is 15.1 Å². The Hall–Kier alpha value is -3.28. The maximum absolute atomic E-state index is 13.4. The number of carbonyl (C=O) groups excluding carboxylic acids is 2. The molecule has 0 bridgehead atoms. The zero-order valence-electron chi connectivity index (χ0n) is 22.6. The van der Waals surface area contributed by atoms with Crippen LogP contribution < -0.4 is 5.43 Å². The molecule has 2 aromatic rings. The number of benzene rings is 2. The third-order valence-corrected chi connectivity index (χ3v) is 5.85. The van der Waals surface area contributed by atoms with Gasteiger partial charge in [0.15, 0.2) is 0 Å². The van der Waals surface area contributed by atoms with E-state index in [2.05, 4.69) is 10.2 Å². The van der Waals surface area contributed by atoms with E-state index in [0.717, 1.165) is 5.56 Å². The third kappa shape index (κ3) is 8.74. The van der Waals surface area contributed by atoms with Gasteiger partial charge < -0.3 is 10.3 Å². The van der Waals surface area contributed by atoms with E-state index in [-0.39, 0.29) is 35.0 Å². The zero-order chi connectivity index (χ0) is 26.9. The number of nitrogens with one attached hydrogen (secondary N) is 1. The van der Waals surface area contributed by atoms with E-state index in [1.165, 1.54) is 0 Å². The third-order valence-electron chi connectivity index (χ3n) is 5.85. The van der Waals surface area contributed by atoms with Gasteiger partial charge in [0.25, 0.3) is 5.91 Å². The van der Waals surface area contributed by atoms with Crippen LogP contribution in [-0.2, 0) is 16.1 Å². The van der Waals surface area contributed by atoms with Crippen LogP contribution in [0.25, 0.3) is 5.53 Å². The summed E-state index contributed by atoms with van der Waals surface area (Å²) in [5.41, 5.74) is 14.0. The first-order chi connectivity index (χ1) is 16.9. The Morgan fingerprint density at radius 2 is 1.47 bits per heavy atom. The molecule has 1 N–H and O–H groups in total. The van der Waals surface area contributed by atoms with Crippen molar-refractivity contribution in [3.05, 3.63) is 77.3 Å². The second kappa shape index (κ2) is 13.1. The van der Waals surface area contributed by atoms with Crippen LogP contribution in [-0.4, -0.2) is 39.5 Å². The molecule has 1 atom stereocenters. The van der Waals surface area contributed by atoms with Crippen molar-refractivity contribution in [1.82, 2.24) is 10.4 Å². The van der Waals surface area contributed by atoms with Crippen LogP contribution in [0.4, 0.5) is 0 Å². The molecule has 36 heavy (non-hydrogen) atoms. The molecule has 0 aromatic heterocycles. The molecule has 0 saturated heterocycles. The zero-order valence-corrected chi connectivity index (χ0v) is 22.6. The molecule has 2 rings (SSSR count). The molecule has 0 unspecified atom stereocenters. The van der Waals surface area contributed by atoms with Gasteiger partial charge in [-0.05, 0) is 41.4 Å². The molecule has 0 aliphatic heterocycles. The van der Waals surface area contributed by atoms with Gasteiger partial charge in [0.05, 0.1) is 0 Å². The highest BCUT2D eigenvalue weighted by Crippen LogP contribution is 2.26. The quantitative estimate of drug-likeness (QED) is 0.147. The molecule has 7 nitrogen and oxygen atoms in total. The van der Waals surface area contributed by atoms with Crippen molar-refractivity contribution in [2.45, 2.75) is 73.6 Å². The van der Waals surface area contributed by atoms with E-state index < -0.39 is 12.0 Å². The fourth-order valence-corrected chi connectivity index (χ4v) is 4.20. The number of nitrogens with zero attached hydrogens (tertiary/aromatic N) is 3. The van der Waals surface area contributed by atoms with Gasteiger partial charge in [-0.2, -0.15) is 4.79 Å². The topological polar surface area (TPSA) is 95.0 Å². The minimum absolute atomic E-state index is 0.0909. The first kappa shape index (κ1) is 29.0. The molecule has 0 saturated carbocycles. The average molecular weight is 493 g/mol. The highest BCUT2D eigenvalue weighted by Gasteiger charge is 2.42. The van der Waals surface area contributed by atoms with Crippen LogP contribution in [0, 0.1) is 17.3 Å². The van der Waals surface area contributed by atoms with Gasteiger partial charge in [-0.1, -0.05) is 97.0 Å². The van der Waals surface area contributed by atoms with E-state index in [4.69, 9.17) is 4.74 Å². The molecule has 2 aromatic carbocycles. The van der Waals surface area contributed by atoms with Gasteiger partial charge in [0.1, 0.15) is 12.1 Å². The van der Waals surface area contributed by atoms with Crippen molar-refractivity contribution in [1.29, 1.82) is 0 Å². The summed E-state index contributed by atoms with van der Waals surface area (Å²) in [5.74, 6) is -0.828. The van der Waals surface area contributed by atoms with Gasteiger partial charge >= 0.3 is 11.7 Å². The van der Waals surface area contributed by atoms with Crippen molar-refractivity contribution in [3.8, 4) is 0 Å². The summed E-state index contributed by atoms with van der Waals surface area (Å²) in [6.45, 7) is 14.3. The molecule has 0 radical (unpaired) electrons. The predicted octanol–water partition coefficient (Wildman–Crippen LogP) is 5.53. The van der Waals surface area contributed by atoms with Crippen molar-refractivity contribution in [2.24, 2.45) is 17.3 Å². The standard InChI is InChI=1S/C29H40N4O3/c1-20(2)26(21(3)4)36-28(35)25(31-30)24(18-29(5,6)7)33(19-22-14-10-8-11-15-22)32-27(34)23-16-12-9-13-17-23/h8-17,20-21,24,26H,18-19H2,1-7H3,(H,32,34)/t24-/m1/s1. The van der Waals surface area contributed by atoms with Gasteiger partial charge in [-0.25, -0.2) is 9.80 Å². The van der Waals surface area contributed by atoms with E-state index in [1.54, 1.807) is 29.3 Å². The summed E-state index contributed by atoms with van der Waals surface area (Å²) >= 11 is 0. The molecule has 0 spiro atoms. The number of hydrazine groups is 1. The van der Waals surface area contributed by atoms with Crippen LogP contribution in [0.1, 0.15) is 70.8 Å². The average Bonchev–Trinajstić information content (AvgIpc) is 2.82. The van der Waals surface area contributed by atoms with Crippen molar-refractivity contribution >= 4 is 17.6 Å². The van der Waals surface area contributed by atoms with Crippen LogP contribution in [0.2, 0.25) is 0 Å². The minimum Gasteiger partial charge on any atom is -0.453 e. The number of hydrogen-bond acceptors (Lipinski definition) is 4. The van der Waals surface area contributed by atoms with E-state index in [1.807, 2.05) is 84.9 Å². The van der Waals surface area contributed by atoms with Gasteiger partial charge in [0, 0.05) is 12.1 Å². The lowest BCUT2D eigenvalue weighted by Crippen LogP contribution is -2.55. The maximum atomic E-state index is 13.4. The molecule has 0 heterocycles. The molecule has 0 aliphatic carbocycles. The van der Waals surface area contributed by atoms with Crippen molar-refractivity contribution in [2.75, 3.05) is 0 Å². The number of hydrogen-bond donors (Lipinski definition) is 1. The fraction of sp³-hybridized carbons (Fsp3) is 0.483. The van der Waals surface area contributed by atoms with E-state index in [0.29, 0.717) is 18.5 Å². The number of carbonyl (C=O) groups is 2. The summed E-state index contributed by atoms with van der Waals surface area (Å²) < 4.78 is 5.84. The Morgan fingerprint density at radius 1 is 0.944 bits per heavy atom. The molecule has 1 amide bonds. The highest BCUT2D eigenvalue weighted by molar-refractivity contribution is 6.36. The summed E-state index contributed by atoms with van der Waals surface area (Å²) in [6.07, 6.45) is 0.0863. The Morgan fingerprint density at radius 3 is 1.94 bits per heavy atom. The number of ether oxygens (including phenoxy) is 1. The lowest BCUT2D eigenvalue weighted by atomic mass is 9.85. The van der Waals surface area contributed by atoms with Gasteiger partial charge in [-0.15, -0.1) is 0 Å². The molecule has 7 heteroatoms.